The zero-order valence-electron chi connectivity index (χ0n) is 24.5. The minimum absolute atomic E-state index is 0.418. The Bertz CT molecular complexity index is 1680. The van der Waals surface area contributed by atoms with Gasteiger partial charge in [-0.2, -0.15) is 0 Å². The van der Waals surface area contributed by atoms with Crippen LogP contribution in [0.25, 0.3) is 0 Å². The SMILES string of the molecule is CC(C)(C)C(P)(C12CC3CC(CC(C3)C1)C2)[C]12[CH]3[CH]4[CH]5[C]1(C(P)(C1CCNC1)C1CCNC1)[Fe]45321678[CH]2[CH]1[CH]6[CH]7[CH]28. The summed E-state index contributed by atoms with van der Waals surface area (Å²) in [6.07, 6.45) is 12.7. The molecule has 0 amide bonds. The van der Waals surface area contributed by atoms with Crippen molar-refractivity contribution in [1.29, 1.82) is 0 Å². The summed E-state index contributed by atoms with van der Waals surface area (Å²) >= 11 is 0. The number of rotatable bonds is 5. The maximum absolute atomic E-state index is 4.10. The molecule has 4 bridgehead atoms. The van der Waals surface area contributed by atoms with Gasteiger partial charge in [0.2, 0.25) is 0 Å². The molecule has 12 heterocycles. The van der Waals surface area contributed by atoms with Gasteiger partial charge in [0.05, 0.1) is 0 Å². The molecule has 10 unspecified atom stereocenters. The second-order valence-electron chi connectivity index (χ2n) is 22.3. The fourth-order valence-corrected chi connectivity index (χ4v) is 114. The monoisotopic (exact) mass is 606 g/mol. The Hall–Kier alpha value is 1.30. The van der Waals surface area contributed by atoms with Crippen molar-refractivity contribution in [1.82, 2.24) is 10.6 Å². The van der Waals surface area contributed by atoms with Gasteiger partial charge in [0.15, 0.2) is 0 Å². The molecule has 4 aliphatic carbocycles. The third-order valence-corrected chi connectivity index (χ3v) is 72.6. The van der Waals surface area contributed by atoms with Gasteiger partial charge in [0.25, 0.3) is 0 Å². The molecule has 5 heteroatoms. The second-order valence-corrected chi connectivity index (χ2v) is 47.4. The molecule has 4 saturated carbocycles. The van der Waals surface area contributed by atoms with E-state index in [4.69, 9.17) is 0 Å². The molecule has 12 saturated heterocycles. The van der Waals surface area contributed by atoms with Crippen LogP contribution in [0.2, 0.25) is 47.2 Å². The molecule has 16 aliphatic rings. The van der Waals surface area contributed by atoms with Gasteiger partial charge < -0.3 is 0 Å². The summed E-state index contributed by atoms with van der Waals surface area (Å²) in [7, 11) is 8.10. The molecule has 216 valence electrons. The van der Waals surface area contributed by atoms with E-state index in [1.807, 2.05) is 0 Å². The average molecular weight is 607 g/mol. The van der Waals surface area contributed by atoms with E-state index in [9.17, 15) is 0 Å². The Morgan fingerprint density at radius 2 is 1.13 bits per heavy atom. The van der Waals surface area contributed by atoms with Gasteiger partial charge in [-0.15, -0.1) is 0 Å². The Morgan fingerprint density at radius 3 is 1.49 bits per heavy atom. The molecule has 0 radical (unpaired) electrons. The molecule has 10 atom stereocenters. The van der Waals surface area contributed by atoms with E-state index in [1.54, 1.807) is 38.5 Å². The van der Waals surface area contributed by atoms with Gasteiger partial charge >= 0.3 is 232 Å². The van der Waals surface area contributed by atoms with Crippen molar-refractivity contribution >= 4 is 18.5 Å². The Morgan fingerprint density at radius 1 is 0.667 bits per heavy atom. The number of hydrogen-bond donors (Lipinski definition) is 2. The summed E-state index contributed by atoms with van der Waals surface area (Å²) in [5.74, 6) is 5.13. The molecule has 0 aromatic heterocycles. The quantitative estimate of drug-likeness (QED) is 0.246. The van der Waals surface area contributed by atoms with Crippen molar-refractivity contribution in [3.05, 3.63) is 0 Å². The normalized spacial score (nSPS) is 86.4. The van der Waals surface area contributed by atoms with Crippen molar-refractivity contribution in [3.63, 3.8) is 0 Å². The number of hydrogen-bond acceptors (Lipinski definition) is 2. The minimum atomic E-state index is -3.84. The fraction of sp³-hybridized carbons (Fsp3) is 1.00. The third-order valence-electron chi connectivity index (χ3n) is 25.6. The molecule has 0 aromatic carbocycles. The Kier molecular flexibility index (Phi) is 1.70. The molecular formula is C34H52FeN2P2. The first kappa shape index (κ1) is 21.1. The molecule has 0 aromatic rings. The van der Waals surface area contributed by atoms with Gasteiger partial charge in [0, 0.05) is 0 Å². The molecule has 16 rings (SSSR count). The van der Waals surface area contributed by atoms with Crippen LogP contribution in [0.4, 0.5) is 0 Å². The zero-order chi connectivity index (χ0) is 25.7. The number of nitrogens with one attached hydrogen (secondary N) is 2. The van der Waals surface area contributed by atoms with Gasteiger partial charge in [-0.05, 0) is 0 Å². The molecule has 16 fully saturated rings. The van der Waals surface area contributed by atoms with E-state index in [1.165, 1.54) is 77.6 Å². The Labute approximate surface area is 230 Å². The summed E-state index contributed by atoms with van der Waals surface area (Å²) < 4.78 is 1.73. The topological polar surface area (TPSA) is 24.1 Å². The summed E-state index contributed by atoms with van der Waals surface area (Å²) in [6.45, 7) is 9.90. The van der Waals surface area contributed by atoms with Crippen LogP contribution in [0.15, 0.2) is 0 Å². The van der Waals surface area contributed by atoms with Gasteiger partial charge in [-0.1, -0.05) is 0 Å². The maximum atomic E-state index is 4.10. The Balaban J connectivity index is 1.09. The summed E-state index contributed by atoms with van der Waals surface area (Å²) in [4.78, 5) is 11.1. The van der Waals surface area contributed by atoms with E-state index in [0.717, 1.165) is 38.2 Å². The van der Waals surface area contributed by atoms with Crippen molar-refractivity contribution < 1.29 is 6.51 Å². The first-order valence-electron chi connectivity index (χ1n) is 17.6. The van der Waals surface area contributed by atoms with Crippen molar-refractivity contribution in [2.45, 2.75) is 130 Å². The zero-order valence-corrected chi connectivity index (χ0v) is 27.9. The van der Waals surface area contributed by atoms with Crippen LogP contribution in [-0.2, 0) is 6.51 Å². The van der Waals surface area contributed by atoms with E-state index in [2.05, 4.69) is 49.9 Å². The van der Waals surface area contributed by atoms with E-state index >= 15 is 0 Å². The van der Waals surface area contributed by atoms with Gasteiger partial charge in [0.1, 0.15) is 0 Å². The van der Waals surface area contributed by atoms with E-state index in [0.29, 0.717) is 21.1 Å². The number of fused-ring (bicyclic) bond motifs is 10. The van der Waals surface area contributed by atoms with Crippen LogP contribution in [0.5, 0.6) is 0 Å². The molecule has 2 N–H and O–H groups in total. The van der Waals surface area contributed by atoms with Gasteiger partial charge in [-0.3, -0.25) is 0 Å². The van der Waals surface area contributed by atoms with Crippen molar-refractivity contribution in [2.24, 2.45) is 40.4 Å². The average Bonchev–Trinajstić information content (AvgIpc) is 3.71. The van der Waals surface area contributed by atoms with Crippen LogP contribution < -0.4 is 10.6 Å². The van der Waals surface area contributed by atoms with E-state index in [-0.39, 0.29) is 0 Å². The summed E-state index contributed by atoms with van der Waals surface area (Å²) in [5.41, 5.74) is 1.07. The van der Waals surface area contributed by atoms with Crippen LogP contribution in [-0.4, -0.2) is 36.5 Å². The summed E-state index contributed by atoms with van der Waals surface area (Å²) in [6, 6.07) is 0. The fourth-order valence-electron chi connectivity index (χ4n) is 28.3. The second kappa shape index (κ2) is 3.15. The van der Waals surface area contributed by atoms with Crippen molar-refractivity contribution in [2.75, 3.05) is 26.2 Å². The first-order valence-corrected chi connectivity index (χ1v) is 24.9. The van der Waals surface area contributed by atoms with Gasteiger partial charge in [-0.25, -0.2) is 0 Å². The van der Waals surface area contributed by atoms with E-state index < -0.39 is 6.51 Å². The predicted molar refractivity (Wildman–Crippen MR) is 162 cm³/mol. The first-order chi connectivity index (χ1) is 18.4. The summed E-state index contributed by atoms with van der Waals surface area (Å²) in [5, 5.41) is 9.03. The molecule has 1 spiro atoms. The van der Waals surface area contributed by atoms with Crippen LogP contribution in [0.3, 0.4) is 0 Å². The third kappa shape index (κ3) is 0.543. The van der Waals surface area contributed by atoms with Crippen molar-refractivity contribution in [3.8, 4) is 0 Å². The standard InChI is InChI=1S/C29H47N2P2.C5H5.Fe/c1-26(2,3)29(33,27-14-19-11-20(15-27)13-21(12-19)16-27)25-6-4-5-24(25)28(32,22-7-9-30-17-22)23-8-10-31-18-23;1-2-4-5-3-1;/h4-6,19-23,30-31H,7-18,32-33H2,1-3H3;1-5H;. The van der Waals surface area contributed by atoms with Crippen LogP contribution in [0, 0.1) is 40.4 Å². The predicted octanol–water partition coefficient (Wildman–Crippen LogP) is 7.83. The molecule has 2 nitrogen and oxygen atoms in total. The molecule has 39 heavy (non-hydrogen) atoms. The van der Waals surface area contributed by atoms with Crippen LogP contribution >= 0.6 is 18.5 Å². The molecule has 12 aliphatic heterocycles. The van der Waals surface area contributed by atoms with Crippen LogP contribution in [0.1, 0.15) is 72.1 Å². The molecular weight excluding hydrogens is 554 g/mol.